The number of rotatable bonds is 5. The molecule has 0 radical (unpaired) electrons. The average Bonchev–Trinajstić information content (AvgIpc) is 2.55. The molecule has 5 heteroatoms. The van der Waals surface area contributed by atoms with Gasteiger partial charge in [0.15, 0.2) is 0 Å². The van der Waals surface area contributed by atoms with Crippen LogP contribution >= 0.6 is 11.6 Å². The minimum atomic E-state index is -0.856. The van der Waals surface area contributed by atoms with Crippen molar-refractivity contribution in [3.63, 3.8) is 0 Å². The number of phenols is 1. The zero-order chi connectivity index (χ0) is 17.0. The monoisotopic (exact) mass is 333 g/mol. The Hall–Kier alpha value is -2.20. The summed E-state index contributed by atoms with van der Waals surface area (Å²) in [6, 6.07) is 13.9. The standard InChI is InChI=1S/C18H20ClNO3/c1-18(2,17(22)23-3)16(12-7-5-4-6-8-12)20-14-11-13(19)9-10-15(14)21/h4-11,16,20-21H,1-3H3/t16-/m1/s1. The molecular formula is C18H20ClNO3. The number of carbonyl (C=O) groups excluding carboxylic acids is 1. The second kappa shape index (κ2) is 6.92. The van der Waals surface area contributed by atoms with E-state index in [9.17, 15) is 9.90 Å². The molecule has 0 aliphatic rings. The van der Waals surface area contributed by atoms with Crippen molar-refractivity contribution < 1.29 is 14.6 Å². The van der Waals surface area contributed by atoms with E-state index in [1.807, 2.05) is 30.3 Å². The smallest absolute Gasteiger partial charge is 0.313 e. The number of anilines is 1. The van der Waals surface area contributed by atoms with Crippen LogP contribution in [0.2, 0.25) is 5.02 Å². The maximum Gasteiger partial charge on any atom is 0.313 e. The highest BCUT2D eigenvalue weighted by Gasteiger charge is 2.39. The summed E-state index contributed by atoms with van der Waals surface area (Å²) in [5, 5.41) is 13.8. The van der Waals surface area contributed by atoms with E-state index in [0.717, 1.165) is 5.56 Å². The lowest BCUT2D eigenvalue weighted by Crippen LogP contribution is -2.36. The SMILES string of the molecule is COC(=O)C(C)(C)[C@H](Nc1cc(Cl)ccc1O)c1ccccc1. The summed E-state index contributed by atoms with van der Waals surface area (Å²) in [7, 11) is 1.36. The predicted molar refractivity (Wildman–Crippen MR) is 91.7 cm³/mol. The molecule has 0 bridgehead atoms. The minimum Gasteiger partial charge on any atom is -0.506 e. The van der Waals surface area contributed by atoms with Crippen LogP contribution in [0.25, 0.3) is 0 Å². The third-order valence-corrected chi connectivity index (χ3v) is 4.06. The van der Waals surface area contributed by atoms with E-state index < -0.39 is 11.5 Å². The third kappa shape index (κ3) is 3.77. The van der Waals surface area contributed by atoms with Gasteiger partial charge in [-0.2, -0.15) is 0 Å². The van der Waals surface area contributed by atoms with Gasteiger partial charge in [0.25, 0.3) is 0 Å². The molecule has 0 heterocycles. The van der Waals surface area contributed by atoms with Gasteiger partial charge in [0.1, 0.15) is 5.75 Å². The Morgan fingerprint density at radius 2 is 1.87 bits per heavy atom. The highest BCUT2D eigenvalue weighted by Crippen LogP contribution is 2.39. The molecule has 2 rings (SSSR count). The summed E-state index contributed by atoms with van der Waals surface area (Å²) in [6.07, 6.45) is 0. The van der Waals surface area contributed by atoms with Crippen molar-refractivity contribution in [3.05, 3.63) is 59.1 Å². The highest BCUT2D eigenvalue weighted by molar-refractivity contribution is 6.30. The van der Waals surface area contributed by atoms with Gasteiger partial charge in [0.05, 0.1) is 24.3 Å². The number of aromatic hydroxyl groups is 1. The molecule has 4 nitrogen and oxygen atoms in total. The lowest BCUT2D eigenvalue weighted by atomic mass is 9.80. The molecule has 0 amide bonds. The van der Waals surface area contributed by atoms with Gasteiger partial charge in [-0.3, -0.25) is 4.79 Å². The zero-order valence-electron chi connectivity index (χ0n) is 13.3. The first-order chi connectivity index (χ1) is 10.9. The van der Waals surface area contributed by atoms with Crippen LogP contribution in [0.4, 0.5) is 5.69 Å². The Morgan fingerprint density at radius 1 is 1.22 bits per heavy atom. The Balaban J connectivity index is 2.46. The first-order valence-electron chi connectivity index (χ1n) is 7.24. The quantitative estimate of drug-likeness (QED) is 0.629. The first-order valence-corrected chi connectivity index (χ1v) is 7.62. The molecule has 1 atom stereocenters. The third-order valence-electron chi connectivity index (χ3n) is 3.82. The normalized spacial score (nSPS) is 12.5. The number of hydrogen-bond acceptors (Lipinski definition) is 4. The highest BCUT2D eigenvalue weighted by atomic mass is 35.5. The number of carbonyl (C=O) groups is 1. The van der Waals surface area contributed by atoms with Crippen molar-refractivity contribution in [3.8, 4) is 5.75 Å². The number of esters is 1. The molecule has 2 aromatic carbocycles. The summed E-state index contributed by atoms with van der Waals surface area (Å²) in [5.74, 6) is -0.281. The van der Waals surface area contributed by atoms with Crippen LogP contribution in [0.3, 0.4) is 0 Å². The van der Waals surface area contributed by atoms with Gasteiger partial charge in [-0.15, -0.1) is 0 Å². The van der Waals surface area contributed by atoms with Crippen LogP contribution in [-0.2, 0) is 9.53 Å². The Kier molecular flexibility index (Phi) is 5.16. The number of benzene rings is 2. The van der Waals surface area contributed by atoms with Crippen LogP contribution in [0, 0.1) is 5.41 Å². The van der Waals surface area contributed by atoms with Gasteiger partial charge < -0.3 is 15.2 Å². The molecule has 0 fully saturated rings. The van der Waals surface area contributed by atoms with Crippen molar-refractivity contribution in [1.82, 2.24) is 0 Å². The van der Waals surface area contributed by atoms with Crippen LogP contribution < -0.4 is 5.32 Å². The topological polar surface area (TPSA) is 58.6 Å². The van der Waals surface area contributed by atoms with Crippen LogP contribution in [-0.4, -0.2) is 18.2 Å². The van der Waals surface area contributed by atoms with E-state index >= 15 is 0 Å². The second-order valence-electron chi connectivity index (χ2n) is 5.86. The van der Waals surface area contributed by atoms with Crippen molar-refractivity contribution in [1.29, 1.82) is 0 Å². The van der Waals surface area contributed by atoms with E-state index in [2.05, 4.69) is 5.32 Å². The number of ether oxygens (including phenoxy) is 1. The Labute approximate surface area is 141 Å². The number of phenolic OH excluding ortho intramolecular Hbond substituents is 1. The van der Waals surface area contributed by atoms with Gasteiger partial charge >= 0.3 is 5.97 Å². The molecule has 0 aliphatic heterocycles. The first kappa shape index (κ1) is 17.2. The summed E-state index contributed by atoms with van der Waals surface area (Å²) in [6.45, 7) is 3.59. The summed E-state index contributed by atoms with van der Waals surface area (Å²) >= 11 is 6.01. The van der Waals surface area contributed by atoms with Gasteiger partial charge in [-0.25, -0.2) is 0 Å². The molecule has 0 aliphatic carbocycles. The number of methoxy groups -OCH3 is 1. The van der Waals surface area contributed by atoms with Crippen molar-refractivity contribution >= 4 is 23.3 Å². The van der Waals surface area contributed by atoms with E-state index in [0.29, 0.717) is 10.7 Å². The maximum absolute atomic E-state index is 12.2. The molecule has 23 heavy (non-hydrogen) atoms. The lowest BCUT2D eigenvalue weighted by Gasteiger charge is -2.33. The number of hydrogen-bond donors (Lipinski definition) is 2. The van der Waals surface area contributed by atoms with Crippen LogP contribution in [0.5, 0.6) is 5.75 Å². The molecule has 0 saturated heterocycles. The molecular weight excluding hydrogens is 314 g/mol. The largest absolute Gasteiger partial charge is 0.506 e. The summed E-state index contributed by atoms with van der Waals surface area (Å²) in [4.78, 5) is 12.2. The fraction of sp³-hybridized carbons (Fsp3) is 0.278. The molecule has 122 valence electrons. The van der Waals surface area contributed by atoms with Crippen LogP contribution in [0.15, 0.2) is 48.5 Å². The van der Waals surface area contributed by atoms with Gasteiger partial charge in [0, 0.05) is 5.02 Å². The van der Waals surface area contributed by atoms with E-state index in [4.69, 9.17) is 16.3 Å². The number of nitrogens with one attached hydrogen (secondary N) is 1. The maximum atomic E-state index is 12.2. The molecule has 2 aromatic rings. The lowest BCUT2D eigenvalue weighted by molar-refractivity contribution is -0.151. The zero-order valence-corrected chi connectivity index (χ0v) is 14.1. The average molecular weight is 334 g/mol. The van der Waals surface area contributed by atoms with Crippen molar-refractivity contribution in [2.24, 2.45) is 5.41 Å². The fourth-order valence-corrected chi connectivity index (χ4v) is 2.66. The van der Waals surface area contributed by atoms with E-state index in [1.165, 1.54) is 13.2 Å². The second-order valence-corrected chi connectivity index (χ2v) is 6.30. The van der Waals surface area contributed by atoms with E-state index in [1.54, 1.807) is 26.0 Å². The molecule has 0 aromatic heterocycles. The Morgan fingerprint density at radius 3 is 2.48 bits per heavy atom. The van der Waals surface area contributed by atoms with Gasteiger partial charge in [0.2, 0.25) is 0 Å². The van der Waals surface area contributed by atoms with Gasteiger partial charge in [-0.1, -0.05) is 41.9 Å². The summed E-state index contributed by atoms with van der Waals surface area (Å²) < 4.78 is 4.94. The molecule has 2 N–H and O–H groups in total. The number of halogens is 1. The predicted octanol–water partition coefficient (Wildman–Crippen LogP) is 4.40. The Bertz CT molecular complexity index is 686. The molecule has 0 saturated carbocycles. The van der Waals surface area contributed by atoms with Crippen molar-refractivity contribution in [2.75, 3.05) is 12.4 Å². The summed E-state index contributed by atoms with van der Waals surface area (Å²) in [5.41, 5.74) is 0.510. The minimum absolute atomic E-state index is 0.0657. The molecule has 0 unspecified atom stereocenters. The van der Waals surface area contributed by atoms with Crippen molar-refractivity contribution in [2.45, 2.75) is 19.9 Å². The molecule has 0 spiro atoms. The van der Waals surface area contributed by atoms with Crippen LogP contribution in [0.1, 0.15) is 25.5 Å². The van der Waals surface area contributed by atoms with E-state index in [-0.39, 0.29) is 11.7 Å². The fourth-order valence-electron chi connectivity index (χ4n) is 2.49. The van der Waals surface area contributed by atoms with Gasteiger partial charge in [-0.05, 0) is 37.6 Å².